The molecule has 2 aromatic carbocycles. The molecule has 0 fully saturated rings. The second-order valence-electron chi connectivity index (χ2n) is 4.21. The van der Waals surface area contributed by atoms with E-state index in [9.17, 15) is 9.90 Å². The van der Waals surface area contributed by atoms with Crippen molar-refractivity contribution < 1.29 is 14.6 Å². The second-order valence-corrected chi connectivity index (χ2v) is 4.21. The summed E-state index contributed by atoms with van der Waals surface area (Å²) in [5.41, 5.74) is 7.19. The van der Waals surface area contributed by atoms with Crippen molar-refractivity contribution in [2.45, 2.75) is 13.5 Å². The number of carbonyl (C=O) groups excluding carboxylic acids is 1. The molecule has 0 aliphatic carbocycles. The molecule has 0 atom stereocenters. The van der Waals surface area contributed by atoms with Crippen molar-refractivity contribution in [2.75, 3.05) is 0 Å². The maximum atomic E-state index is 11.1. The molecule has 4 nitrogen and oxygen atoms in total. The largest absolute Gasteiger partial charge is 0.457 e. The van der Waals surface area contributed by atoms with Crippen LogP contribution in [-0.4, -0.2) is 11.0 Å². The molecule has 1 amide bonds. The third-order valence-electron chi connectivity index (χ3n) is 2.83. The first-order valence-electron chi connectivity index (χ1n) is 5.89. The normalized spacial score (nSPS) is 10.2. The van der Waals surface area contributed by atoms with E-state index in [2.05, 4.69) is 0 Å². The van der Waals surface area contributed by atoms with Gasteiger partial charge in [-0.1, -0.05) is 18.2 Å². The van der Waals surface area contributed by atoms with Crippen LogP contribution < -0.4 is 10.5 Å². The summed E-state index contributed by atoms with van der Waals surface area (Å²) in [6.45, 7) is 1.71. The number of aliphatic hydroxyl groups is 1. The van der Waals surface area contributed by atoms with Crippen LogP contribution in [0.1, 0.15) is 21.5 Å². The Morgan fingerprint density at radius 2 is 2.00 bits per heavy atom. The van der Waals surface area contributed by atoms with E-state index in [1.54, 1.807) is 37.3 Å². The molecule has 0 spiro atoms. The summed E-state index contributed by atoms with van der Waals surface area (Å²) in [6.07, 6.45) is 0. The van der Waals surface area contributed by atoms with Crippen molar-refractivity contribution in [1.29, 1.82) is 0 Å². The molecule has 0 radical (unpaired) electrons. The Hall–Kier alpha value is -2.33. The average molecular weight is 257 g/mol. The first-order chi connectivity index (χ1) is 9.11. The standard InChI is InChI=1S/C15H15NO3/c1-10-8-12(6-7-13(10)15(16)18)19-14-5-3-2-4-11(14)9-17/h2-8,17H,9H2,1H3,(H2,16,18). The van der Waals surface area contributed by atoms with Crippen LogP contribution in [0.15, 0.2) is 42.5 Å². The highest BCUT2D eigenvalue weighted by Crippen LogP contribution is 2.26. The first kappa shape index (κ1) is 13.1. The van der Waals surface area contributed by atoms with Crippen LogP contribution in [0.2, 0.25) is 0 Å². The Bertz CT molecular complexity index is 608. The highest BCUT2D eigenvalue weighted by Gasteiger charge is 2.08. The van der Waals surface area contributed by atoms with Gasteiger partial charge in [-0.3, -0.25) is 4.79 Å². The summed E-state index contributed by atoms with van der Waals surface area (Å²) < 4.78 is 5.70. The summed E-state index contributed by atoms with van der Waals surface area (Å²) in [5, 5.41) is 9.23. The lowest BCUT2D eigenvalue weighted by atomic mass is 10.1. The quantitative estimate of drug-likeness (QED) is 0.883. The van der Waals surface area contributed by atoms with Gasteiger partial charge in [0.15, 0.2) is 0 Å². The molecule has 0 bridgehead atoms. The summed E-state index contributed by atoms with van der Waals surface area (Å²) in [6, 6.07) is 12.3. The van der Waals surface area contributed by atoms with Crippen molar-refractivity contribution in [1.82, 2.24) is 0 Å². The molecule has 2 rings (SSSR count). The zero-order valence-electron chi connectivity index (χ0n) is 10.6. The molecule has 0 unspecified atom stereocenters. The lowest BCUT2D eigenvalue weighted by Gasteiger charge is -2.11. The lowest BCUT2D eigenvalue weighted by molar-refractivity contribution is 0.0999. The number of ether oxygens (including phenoxy) is 1. The third kappa shape index (κ3) is 2.92. The number of amides is 1. The van der Waals surface area contributed by atoms with Crippen LogP contribution in [0.4, 0.5) is 0 Å². The Labute approximate surface area is 111 Å². The number of primary amides is 1. The smallest absolute Gasteiger partial charge is 0.248 e. The highest BCUT2D eigenvalue weighted by molar-refractivity contribution is 5.94. The number of hydrogen-bond donors (Lipinski definition) is 2. The predicted octanol–water partition coefficient (Wildman–Crippen LogP) is 2.38. The van der Waals surface area contributed by atoms with Crippen LogP contribution >= 0.6 is 0 Å². The summed E-state index contributed by atoms with van der Waals surface area (Å²) in [5.74, 6) is 0.736. The van der Waals surface area contributed by atoms with E-state index in [1.807, 2.05) is 12.1 Å². The SMILES string of the molecule is Cc1cc(Oc2ccccc2CO)ccc1C(N)=O. The Morgan fingerprint density at radius 3 is 2.63 bits per heavy atom. The maximum Gasteiger partial charge on any atom is 0.248 e. The Kier molecular flexibility index (Phi) is 3.82. The molecule has 4 heteroatoms. The van der Waals surface area contributed by atoms with Gasteiger partial charge in [0.05, 0.1) is 6.61 Å². The molecular formula is C15H15NO3. The van der Waals surface area contributed by atoms with Gasteiger partial charge in [0.1, 0.15) is 11.5 Å². The fourth-order valence-corrected chi connectivity index (χ4v) is 1.84. The number of carbonyl (C=O) groups is 1. The van der Waals surface area contributed by atoms with Gasteiger partial charge in [0, 0.05) is 11.1 Å². The fraction of sp³-hybridized carbons (Fsp3) is 0.133. The molecule has 0 aromatic heterocycles. The minimum absolute atomic E-state index is 0.0888. The molecule has 0 heterocycles. The zero-order chi connectivity index (χ0) is 13.8. The Balaban J connectivity index is 2.29. The highest BCUT2D eigenvalue weighted by atomic mass is 16.5. The predicted molar refractivity (Wildman–Crippen MR) is 72.1 cm³/mol. The van der Waals surface area contributed by atoms with E-state index < -0.39 is 5.91 Å². The van der Waals surface area contributed by atoms with Gasteiger partial charge in [-0.05, 0) is 36.8 Å². The van der Waals surface area contributed by atoms with Gasteiger partial charge in [0.25, 0.3) is 0 Å². The summed E-state index contributed by atoms with van der Waals surface area (Å²) >= 11 is 0. The van der Waals surface area contributed by atoms with E-state index in [1.165, 1.54) is 0 Å². The van der Waals surface area contributed by atoms with Crippen LogP contribution in [0.3, 0.4) is 0 Å². The molecule has 2 aromatic rings. The minimum atomic E-state index is -0.459. The van der Waals surface area contributed by atoms with Crippen molar-refractivity contribution in [2.24, 2.45) is 5.73 Å². The van der Waals surface area contributed by atoms with E-state index >= 15 is 0 Å². The van der Waals surface area contributed by atoms with Crippen LogP contribution in [-0.2, 0) is 6.61 Å². The zero-order valence-corrected chi connectivity index (χ0v) is 10.6. The summed E-state index contributed by atoms with van der Waals surface area (Å²) in [4.78, 5) is 11.1. The van der Waals surface area contributed by atoms with Crippen molar-refractivity contribution in [3.63, 3.8) is 0 Å². The fourth-order valence-electron chi connectivity index (χ4n) is 1.84. The second kappa shape index (κ2) is 5.54. The van der Waals surface area contributed by atoms with Gasteiger partial charge in [-0.2, -0.15) is 0 Å². The van der Waals surface area contributed by atoms with Crippen LogP contribution in [0, 0.1) is 6.92 Å². The first-order valence-corrected chi connectivity index (χ1v) is 5.89. The monoisotopic (exact) mass is 257 g/mol. The number of para-hydroxylation sites is 1. The molecule has 3 N–H and O–H groups in total. The van der Waals surface area contributed by atoms with Crippen LogP contribution in [0.5, 0.6) is 11.5 Å². The van der Waals surface area contributed by atoms with Gasteiger partial charge >= 0.3 is 0 Å². The molecule has 19 heavy (non-hydrogen) atoms. The number of nitrogens with two attached hydrogens (primary N) is 1. The number of benzene rings is 2. The molecule has 0 saturated heterocycles. The van der Waals surface area contributed by atoms with Gasteiger partial charge < -0.3 is 15.6 Å². The molecular weight excluding hydrogens is 242 g/mol. The minimum Gasteiger partial charge on any atom is -0.457 e. The number of rotatable bonds is 4. The van der Waals surface area contributed by atoms with Crippen molar-refractivity contribution >= 4 is 5.91 Å². The Morgan fingerprint density at radius 1 is 1.26 bits per heavy atom. The van der Waals surface area contributed by atoms with E-state index in [-0.39, 0.29) is 6.61 Å². The van der Waals surface area contributed by atoms with Gasteiger partial charge in [-0.15, -0.1) is 0 Å². The van der Waals surface area contributed by atoms with Gasteiger partial charge in [0.2, 0.25) is 5.91 Å². The number of aliphatic hydroxyl groups excluding tert-OH is 1. The van der Waals surface area contributed by atoms with E-state index in [4.69, 9.17) is 10.5 Å². The van der Waals surface area contributed by atoms with E-state index in [0.717, 1.165) is 5.56 Å². The maximum absolute atomic E-state index is 11.1. The number of aryl methyl sites for hydroxylation is 1. The molecule has 0 saturated carbocycles. The van der Waals surface area contributed by atoms with E-state index in [0.29, 0.717) is 22.6 Å². The van der Waals surface area contributed by atoms with Crippen molar-refractivity contribution in [3.05, 3.63) is 59.2 Å². The molecule has 98 valence electrons. The van der Waals surface area contributed by atoms with Crippen molar-refractivity contribution in [3.8, 4) is 11.5 Å². The number of hydrogen-bond acceptors (Lipinski definition) is 3. The molecule has 0 aliphatic heterocycles. The summed E-state index contributed by atoms with van der Waals surface area (Å²) in [7, 11) is 0. The average Bonchev–Trinajstić information content (AvgIpc) is 2.39. The van der Waals surface area contributed by atoms with Gasteiger partial charge in [-0.25, -0.2) is 0 Å². The van der Waals surface area contributed by atoms with Crippen LogP contribution in [0.25, 0.3) is 0 Å². The molecule has 0 aliphatic rings. The third-order valence-corrected chi connectivity index (χ3v) is 2.83. The topological polar surface area (TPSA) is 72.6 Å². The lowest BCUT2D eigenvalue weighted by Crippen LogP contribution is -2.12.